The van der Waals surface area contributed by atoms with E-state index in [9.17, 15) is 0 Å². The number of hydrogen-bond donors (Lipinski definition) is 0. The summed E-state index contributed by atoms with van der Waals surface area (Å²) in [7, 11) is 0. The van der Waals surface area contributed by atoms with Crippen molar-refractivity contribution < 1.29 is 4.42 Å². The molecule has 0 spiro atoms. The molecule has 0 amide bonds. The van der Waals surface area contributed by atoms with Crippen molar-refractivity contribution in [2.75, 3.05) is 0 Å². The van der Waals surface area contributed by atoms with Gasteiger partial charge in [0.25, 0.3) is 0 Å². The van der Waals surface area contributed by atoms with Gasteiger partial charge in [-0.3, -0.25) is 0 Å². The van der Waals surface area contributed by atoms with Crippen LogP contribution in [0.25, 0.3) is 105 Å². The van der Waals surface area contributed by atoms with E-state index in [1.54, 1.807) is 0 Å². The molecule has 0 aliphatic carbocycles. The molecule has 0 bridgehead atoms. The van der Waals surface area contributed by atoms with E-state index in [2.05, 4.69) is 150 Å². The molecular weight excluding hydrogens is 635 g/mol. The molecule has 8 aromatic carbocycles. The molecule has 0 saturated carbocycles. The van der Waals surface area contributed by atoms with Gasteiger partial charge in [0, 0.05) is 43.7 Å². The van der Waals surface area contributed by atoms with Gasteiger partial charge in [0.1, 0.15) is 11.2 Å². The van der Waals surface area contributed by atoms with Crippen LogP contribution in [0.5, 0.6) is 0 Å². The molecule has 11 rings (SSSR count). The molecule has 4 heteroatoms. The number of aromatic nitrogens is 3. The molecule has 0 fully saturated rings. The molecule has 242 valence electrons. The van der Waals surface area contributed by atoms with E-state index in [-0.39, 0.29) is 0 Å². The fourth-order valence-electron chi connectivity index (χ4n) is 8.03. The predicted octanol–water partition coefficient (Wildman–Crippen LogP) is 12.8. The van der Waals surface area contributed by atoms with E-state index in [1.165, 1.54) is 32.6 Å². The second-order valence-corrected chi connectivity index (χ2v) is 13.4. The van der Waals surface area contributed by atoms with Crippen LogP contribution in [0.3, 0.4) is 0 Å². The minimum Gasteiger partial charge on any atom is -0.456 e. The molecule has 0 aliphatic heterocycles. The maximum absolute atomic E-state index is 6.48. The molecule has 0 saturated heterocycles. The maximum atomic E-state index is 6.48. The van der Waals surface area contributed by atoms with Crippen molar-refractivity contribution in [3.05, 3.63) is 176 Å². The molecule has 4 nitrogen and oxygen atoms in total. The molecule has 3 heterocycles. The Morgan fingerprint density at radius 2 is 1.17 bits per heavy atom. The Morgan fingerprint density at radius 1 is 0.423 bits per heavy atom. The van der Waals surface area contributed by atoms with Crippen LogP contribution in [0.2, 0.25) is 0 Å². The first-order valence-corrected chi connectivity index (χ1v) is 17.6. The zero-order valence-electron chi connectivity index (χ0n) is 28.0. The summed E-state index contributed by atoms with van der Waals surface area (Å²) >= 11 is 0. The summed E-state index contributed by atoms with van der Waals surface area (Å²) in [6, 6.07) is 62.0. The van der Waals surface area contributed by atoms with Crippen LogP contribution in [0, 0.1) is 0 Å². The highest BCUT2D eigenvalue weighted by Crippen LogP contribution is 2.41. The van der Waals surface area contributed by atoms with Gasteiger partial charge in [0.15, 0.2) is 5.82 Å². The molecule has 3 aromatic heterocycles. The third-order valence-electron chi connectivity index (χ3n) is 10.4. The monoisotopic (exact) mass is 663 g/mol. The van der Waals surface area contributed by atoms with Crippen LogP contribution in [-0.4, -0.2) is 14.5 Å². The zero-order valence-corrected chi connectivity index (χ0v) is 28.0. The number of nitrogens with zero attached hydrogens (tertiary/aromatic N) is 3. The highest BCUT2D eigenvalue weighted by molar-refractivity contribution is 6.22. The van der Waals surface area contributed by atoms with Crippen LogP contribution in [0.4, 0.5) is 0 Å². The maximum Gasteiger partial charge on any atom is 0.161 e. The second-order valence-electron chi connectivity index (χ2n) is 13.4. The molecule has 0 unspecified atom stereocenters. The van der Waals surface area contributed by atoms with Crippen molar-refractivity contribution in [3.8, 4) is 39.5 Å². The Morgan fingerprint density at radius 3 is 2.06 bits per heavy atom. The quantitative estimate of drug-likeness (QED) is 0.188. The number of fused-ring (bicyclic) bond motifs is 9. The van der Waals surface area contributed by atoms with Gasteiger partial charge < -0.3 is 8.98 Å². The lowest BCUT2D eigenvalue weighted by Gasteiger charge is -2.10. The molecule has 0 atom stereocenters. The van der Waals surface area contributed by atoms with Crippen LogP contribution >= 0.6 is 0 Å². The summed E-state index contributed by atoms with van der Waals surface area (Å²) < 4.78 is 8.87. The fourth-order valence-corrected chi connectivity index (χ4v) is 8.03. The molecular formula is C48H29N3O. The summed E-state index contributed by atoms with van der Waals surface area (Å²) in [6.45, 7) is 0. The molecule has 11 aromatic rings. The van der Waals surface area contributed by atoms with E-state index in [4.69, 9.17) is 14.4 Å². The van der Waals surface area contributed by atoms with E-state index in [0.717, 1.165) is 66.5 Å². The lowest BCUT2D eigenvalue weighted by Crippen LogP contribution is -1.95. The lowest BCUT2D eigenvalue weighted by atomic mass is 9.98. The first-order chi connectivity index (χ1) is 25.8. The van der Waals surface area contributed by atoms with E-state index in [1.807, 2.05) is 30.3 Å². The van der Waals surface area contributed by atoms with Gasteiger partial charge in [-0.05, 0) is 70.4 Å². The number of para-hydroxylation sites is 2. The number of furan rings is 1. The third kappa shape index (κ3) is 4.34. The summed E-state index contributed by atoms with van der Waals surface area (Å²) in [5.74, 6) is 0.678. The van der Waals surface area contributed by atoms with Crippen molar-refractivity contribution in [1.82, 2.24) is 14.5 Å². The summed E-state index contributed by atoms with van der Waals surface area (Å²) in [4.78, 5) is 10.3. The van der Waals surface area contributed by atoms with Crippen LogP contribution < -0.4 is 0 Å². The standard InChI is InChI=1S/C48H29N3O/c1-3-13-31(14-4-1)47-36-18-9-10-20-40(36)49-48(50-47)38-19-11-21-44-46(38)39-28-32(24-27-43(39)52-44)33-22-25-37-42(29-33)51(34-15-5-2-6-16-34)41-26-23-30-12-7-8-17-35(30)45(37)41/h1-29H. The topological polar surface area (TPSA) is 43.9 Å². The SMILES string of the molecule is c1ccc(-c2nc(-c3cccc4oc5ccc(-c6ccc7c8c9ccccc9ccc8n(-c8ccccc8)c7c6)cc5c34)nc3ccccc23)cc1. The average Bonchev–Trinajstić information content (AvgIpc) is 3.76. The molecule has 0 aliphatic rings. The predicted molar refractivity (Wildman–Crippen MR) is 215 cm³/mol. The number of hydrogen-bond acceptors (Lipinski definition) is 3. The van der Waals surface area contributed by atoms with Gasteiger partial charge in [-0.2, -0.15) is 0 Å². The average molecular weight is 664 g/mol. The van der Waals surface area contributed by atoms with Gasteiger partial charge in [-0.1, -0.05) is 127 Å². The van der Waals surface area contributed by atoms with Gasteiger partial charge >= 0.3 is 0 Å². The van der Waals surface area contributed by atoms with Crippen molar-refractivity contribution in [2.45, 2.75) is 0 Å². The first kappa shape index (κ1) is 28.8. The minimum atomic E-state index is 0.678. The summed E-state index contributed by atoms with van der Waals surface area (Å²) in [5, 5.41) is 8.09. The van der Waals surface area contributed by atoms with Gasteiger partial charge in [0.2, 0.25) is 0 Å². The van der Waals surface area contributed by atoms with Crippen molar-refractivity contribution in [3.63, 3.8) is 0 Å². The Bertz CT molecular complexity index is 3180. The Hall–Kier alpha value is -7.04. The molecule has 0 N–H and O–H groups in total. The largest absolute Gasteiger partial charge is 0.456 e. The number of rotatable bonds is 4. The fraction of sp³-hybridized carbons (Fsp3) is 0. The van der Waals surface area contributed by atoms with Crippen LogP contribution in [0.15, 0.2) is 180 Å². The van der Waals surface area contributed by atoms with Gasteiger partial charge in [0.05, 0.1) is 22.2 Å². The van der Waals surface area contributed by atoms with Crippen molar-refractivity contribution in [2.24, 2.45) is 0 Å². The smallest absolute Gasteiger partial charge is 0.161 e. The third-order valence-corrected chi connectivity index (χ3v) is 10.4. The summed E-state index contributed by atoms with van der Waals surface area (Å²) in [6.07, 6.45) is 0. The van der Waals surface area contributed by atoms with Crippen LogP contribution in [0.1, 0.15) is 0 Å². The van der Waals surface area contributed by atoms with Crippen LogP contribution in [-0.2, 0) is 0 Å². The van der Waals surface area contributed by atoms with Crippen molar-refractivity contribution in [1.29, 1.82) is 0 Å². The summed E-state index contributed by atoms with van der Waals surface area (Å²) in [5.41, 5.74) is 11.2. The Balaban J connectivity index is 1.13. The van der Waals surface area contributed by atoms with Gasteiger partial charge in [-0.25, -0.2) is 9.97 Å². The Kier molecular flexibility index (Phi) is 6.22. The zero-order chi connectivity index (χ0) is 34.2. The lowest BCUT2D eigenvalue weighted by molar-refractivity contribution is 0.669. The van der Waals surface area contributed by atoms with E-state index in [0.29, 0.717) is 5.82 Å². The van der Waals surface area contributed by atoms with E-state index >= 15 is 0 Å². The minimum absolute atomic E-state index is 0.678. The molecule has 52 heavy (non-hydrogen) atoms. The van der Waals surface area contributed by atoms with Gasteiger partial charge in [-0.15, -0.1) is 0 Å². The number of benzene rings is 8. The Labute approximate surface area is 298 Å². The normalized spacial score (nSPS) is 11.8. The first-order valence-electron chi connectivity index (χ1n) is 17.6. The van der Waals surface area contributed by atoms with E-state index < -0.39 is 0 Å². The highest BCUT2D eigenvalue weighted by atomic mass is 16.3. The molecule has 0 radical (unpaired) electrons. The van der Waals surface area contributed by atoms with Crippen molar-refractivity contribution >= 4 is 65.4 Å². The highest BCUT2D eigenvalue weighted by Gasteiger charge is 2.19. The second kappa shape index (κ2) is 11.2.